The molecule has 1 aliphatic rings. The molecule has 15 nitrogen and oxygen atoms in total. The number of carbonyl (C=O) groups is 1. The normalized spacial score (nSPS) is 17.9. The Kier molecular flexibility index (Phi) is 11.5. The first-order chi connectivity index (χ1) is 28.0. The molecule has 0 radical (unpaired) electrons. The highest BCUT2D eigenvalue weighted by molar-refractivity contribution is 5.95. The zero-order valence-corrected chi connectivity index (χ0v) is 31.7. The van der Waals surface area contributed by atoms with Gasteiger partial charge in [-0.1, -0.05) is 72.8 Å². The SMILES string of the molecule is COc1ccc(C(OC[C@H]2O[C@@H](n3ccc(=O)[nH]c3=O)[C@H](OCn3cc(C)c(=O)n(C(=O)c4ccccc4)c3=O)[C@@H]2O)(c2ccccc2)c2ccc(OC)cc2)cc1. The number of aromatic amines is 1. The Labute approximate surface area is 330 Å². The van der Waals surface area contributed by atoms with Crippen LogP contribution in [0.4, 0.5) is 0 Å². The van der Waals surface area contributed by atoms with Gasteiger partial charge < -0.3 is 28.8 Å². The van der Waals surface area contributed by atoms with Crippen molar-refractivity contribution in [3.63, 3.8) is 0 Å². The average molecular weight is 789 g/mol. The van der Waals surface area contributed by atoms with Crippen molar-refractivity contribution in [3.8, 4) is 11.5 Å². The standard InChI is InChI=1S/C43H40N4O11/c1-27-24-45(42(53)47(38(27)50)39(51)28-10-6-4-7-11-28)26-56-37-36(49)34(58-40(37)46-23-22-35(48)44-41(46)52)25-57-43(29-12-8-5-9-13-29,30-14-18-32(54-2)19-15-30)31-16-20-33(55-3)21-17-31/h4-24,34,36-37,40,49H,25-26H2,1-3H3,(H,44,48,52)/t34-,36-,37-,40-/m1/s1. The van der Waals surface area contributed by atoms with E-state index >= 15 is 0 Å². The molecule has 3 heterocycles. The van der Waals surface area contributed by atoms with Gasteiger partial charge in [0.25, 0.3) is 17.0 Å². The van der Waals surface area contributed by atoms with Gasteiger partial charge in [0.2, 0.25) is 0 Å². The molecule has 1 aliphatic heterocycles. The maximum Gasteiger partial charge on any atom is 0.340 e. The van der Waals surface area contributed by atoms with Crippen LogP contribution < -0.4 is 32.0 Å². The lowest BCUT2D eigenvalue weighted by Gasteiger charge is -2.37. The fourth-order valence-electron chi connectivity index (χ4n) is 7.05. The smallest absolute Gasteiger partial charge is 0.340 e. The molecule has 2 aromatic heterocycles. The molecule has 1 fully saturated rings. The third-order valence-electron chi connectivity index (χ3n) is 10.0. The van der Waals surface area contributed by atoms with E-state index in [0.29, 0.717) is 27.2 Å². The summed E-state index contributed by atoms with van der Waals surface area (Å²) in [5.41, 5.74) is -2.21. The van der Waals surface area contributed by atoms with Crippen molar-refractivity contribution in [2.24, 2.45) is 0 Å². The fraction of sp³-hybridized carbons (Fsp3) is 0.233. The van der Waals surface area contributed by atoms with Crippen molar-refractivity contribution in [2.75, 3.05) is 20.8 Å². The lowest BCUT2D eigenvalue weighted by Crippen LogP contribution is -2.46. The molecule has 0 bridgehead atoms. The van der Waals surface area contributed by atoms with E-state index in [1.54, 1.807) is 32.4 Å². The van der Waals surface area contributed by atoms with E-state index in [4.69, 9.17) is 23.7 Å². The van der Waals surface area contributed by atoms with Crippen LogP contribution in [0.3, 0.4) is 0 Å². The third-order valence-corrected chi connectivity index (χ3v) is 10.0. The Morgan fingerprint density at radius 2 is 1.36 bits per heavy atom. The van der Waals surface area contributed by atoms with E-state index in [9.17, 15) is 29.1 Å². The number of aromatic nitrogens is 4. The number of H-pyrrole nitrogens is 1. The highest BCUT2D eigenvalue weighted by atomic mass is 16.6. The number of rotatable bonds is 13. The van der Waals surface area contributed by atoms with E-state index in [1.165, 1.54) is 31.5 Å². The van der Waals surface area contributed by atoms with Crippen LogP contribution in [-0.2, 0) is 26.5 Å². The Morgan fingerprint density at radius 3 is 1.93 bits per heavy atom. The maximum atomic E-state index is 13.6. The molecule has 0 saturated carbocycles. The quantitative estimate of drug-likeness (QED) is 0.164. The van der Waals surface area contributed by atoms with Crippen LogP contribution >= 0.6 is 0 Å². The van der Waals surface area contributed by atoms with E-state index in [1.807, 2.05) is 78.9 Å². The van der Waals surface area contributed by atoms with Gasteiger partial charge in [-0.05, 0) is 60.0 Å². The number of aliphatic hydroxyl groups is 1. The van der Waals surface area contributed by atoms with Gasteiger partial charge in [-0.2, -0.15) is 4.57 Å². The van der Waals surface area contributed by atoms with Gasteiger partial charge in [-0.3, -0.25) is 28.5 Å². The number of benzene rings is 4. The molecule has 15 heteroatoms. The van der Waals surface area contributed by atoms with Crippen LogP contribution in [0.1, 0.15) is 38.8 Å². The van der Waals surface area contributed by atoms with Gasteiger partial charge in [-0.15, -0.1) is 0 Å². The van der Waals surface area contributed by atoms with E-state index in [0.717, 1.165) is 20.8 Å². The Bertz CT molecular complexity index is 2570. The summed E-state index contributed by atoms with van der Waals surface area (Å²) in [6.45, 7) is 0.611. The van der Waals surface area contributed by atoms with Crippen LogP contribution in [0.15, 0.2) is 147 Å². The Balaban J connectivity index is 1.26. The lowest BCUT2D eigenvalue weighted by molar-refractivity contribution is -0.103. The van der Waals surface area contributed by atoms with Crippen LogP contribution in [0, 0.1) is 6.92 Å². The predicted octanol–water partition coefficient (Wildman–Crippen LogP) is 3.18. The first-order valence-corrected chi connectivity index (χ1v) is 18.2. The third kappa shape index (κ3) is 7.58. The molecule has 6 aromatic rings. The summed E-state index contributed by atoms with van der Waals surface area (Å²) in [4.78, 5) is 67.4. The van der Waals surface area contributed by atoms with Gasteiger partial charge in [0, 0.05) is 29.6 Å². The van der Waals surface area contributed by atoms with Gasteiger partial charge in [-0.25, -0.2) is 9.59 Å². The zero-order chi connectivity index (χ0) is 41.0. The average Bonchev–Trinajstić information content (AvgIpc) is 3.56. The summed E-state index contributed by atoms with van der Waals surface area (Å²) < 4.78 is 33.0. The molecule has 4 aromatic carbocycles. The molecule has 7 rings (SSSR count). The first kappa shape index (κ1) is 39.6. The molecule has 0 aliphatic carbocycles. The van der Waals surface area contributed by atoms with Crippen molar-refractivity contribution in [3.05, 3.63) is 197 Å². The minimum absolute atomic E-state index is 0.0738. The number of methoxy groups -OCH3 is 2. The summed E-state index contributed by atoms with van der Waals surface area (Å²) in [6, 6.07) is 33.2. The molecule has 0 unspecified atom stereocenters. The summed E-state index contributed by atoms with van der Waals surface area (Å²) >= 11 is 0. The Hall–Kier alpha value is -6.65. The van der Waals surface area contributed by atoms with Gasteiger partial charge in [0.15, 0.2) is 6.23 Å². The second kappa shape index (κ2) is 16.8. The molecular formula is C43H40N4O11. The fourth-order valence-corrected chi connectivity index (χ4v) is 7.05. The van der Waals surface area contributed by atoms with E-state index < -0.39 is 65.3 Å². The van der Waals surface area contributed by atoms with Crippen LogP contribution in [0.25, 0.3) is 0 Å². The monoisotopic (exact) mass is 788 g/mol. The number of nitrogens with zero attached hydrogens (tertiary/aromatic N) is 3. The summed E-state index contributed by atoms with van der Waals surface area (Å²) in [5, 5.41) is 12.0. The first-order valence-electron chi connectivity index (χ1n) is 18.2. The van der Waals surface area contributed by atoms with Crippen molar-refractivity contribution in [1.82, 2.24) is 18.7 Å². The molecule has 4 atom stereocenters. The highest BCUT2D eigenvalue weighted by Crippen LogP contribution is 2.43. The number of hydrogen-bond donors (Lipinski definition) is 2. The van der Waals surface area contributed by atoms with Crippen molar-refractivity contribution in [2.45, 2.75) is 43.8 Å². The molecule has 1 saturated heterocycles. The molecule has 0 amide bonds. The number of aryl methyl sites for hydroxylation is 1. The largest absolute Gasteiger partial charge is 0.497 e. The summed E-state index contributed by atoms with van der Waals surface area (Å²) in [7, 11) is 3.14. The molecule has 2 N–H and O–H groups in total. The van der Waals surface area contributed by atoms with Gasteiger partial charge in [0.05, 0.1) is 20.8 Å². The van der Waals surface area contributed by atoms with Gasteiger partial charge >= 0.3 is 11.4 Å². The zero-order valence-electron chi connectivity index (χ0n) is 31.7. The number of hydrogen-bond acceptors (Lipinski definition) is 11. The van der Waals surface area contributed by atoms with E-state index in [-0.39, 0.29) is 17.7 Å². The maximum absolute atomic E-state index is 13.6. The van der Waals surface area contributed by atoms with Crippen LogP contribution in [-0.4, -0.2) is 68.8 Å². The number of ether oxygens (including phenoxy) is 5. The second-order valence-corrected chi connectivity index (χ2v) is 13.5. The second-order valence-electron chi connectivity index (χ2n) is 13.5. The van der Waals surface area contributed by atoms with Gasteiger partial charge in [0.1, 0.15) is 42.1 Å². The molecular weight excluding hydrogens is 748 g/mol. The Morgan fingerprint density at radius 1 is 0.793 bits per heavy atom. The van der Waals surface area contributed by atoms with Crippen LogP contribution in [0.2, 0.25) is 0 Å². The molecule has 298 valence electrons. The number of carbonyl (C=O) groups excluding carboxylic acids is 1. The van der Waals surface area contributed by atoms with Crippen LogP contribution in [0.5, 0.6) is 11.5 Å². The number of aliphatic hydroxyl groups excluding tert-OH is 1. The van der Waals surface area contributed by atoms with E-state index in [2.05, 4.69) is 4.98 Å². The highest BCUT2D eigenvalue weighted by Gasteiger charge is 2.48. The molecule has 0 spiro atoms. The van der Waals surface area contributed by atoms with Crippen molar-refractivity contribution in [1.29, 1.82) is 0 Å². The summed E-state index contributed by atoms with van der Waals surface area (Å²) in [6.07, 6.45) is -2.88. The number of nitrogens with one attached hydrogen (secondary N) is 1. The lowest BCUT2D eigenvalue weighted by atomic mass is 9.80. The predicted molar refractivity (Wildman–Crippen MR) is 210 cm³/mol. The molecule has 58 heavy (non-hydrogen) atoms. The topological polar surface area (TPSA) is 182 Å². The minimum atomic E-state index is -1.49. The van der Waals surface area contributed by atoms with Crippen molar-refractivity contribution >= 4 is 5.91 Å². The van der Waals surface area contributed by atoms with Crippen molar-refractivity contribution < 1.29 is 33.6 Å². The minimum Gasteiger partial charge on any atom is -0.497 e. The summed E-state index contributed by atoms with van der Waals surface area (Å²) in [5.74, 6) is 0.416.